The lowest BCUT2D eigenvalue weighted by atomic mass is 9.75. The predicted molar refractivity (Wildman–Crippen MR) is 242 cm³/mol. The molecule has 2 aromatic heterocycles. The van der Waals surface area contributed by atoms with E-state index in [0.717, 1.165) is 36.1 Å². The molecule has 2 unspecified atom stereocenters. The van der Waals surface area contributed by atoms with Gasteiger partial charge in [-0.2, -0.15) is 0 Å². The predicted octanol–water partition coefficient (Wildman–Crippen LogP) is 16.1. The number of ether oxygens (including phenoxy) is 1. The van der Waals surface area contributed by atoms with Crippen molar-refractivity contribution in [2.75, 3.05) is 0 Å². The number of unbranched alkanes of at least 4 members (excludes halogenated alkanes) is 6. The summed E-state index contributed by atoms with van der Waals surface area (Å²) >= 11 is 0. The number of aryl methyl sites for hydroxylation is 2. The van der Waals surface area contributed by atoms with Crippen molar-refractivity contribution in [2.45, 2.75) is 181 Å². The summed E-state index contributed by atoms with van der Waals surface area (Å²) in [6.45, 7) is 9.25. The van der Waals surface area contributed by atoms with Gasteiger partial charge >= 0.3 is 0 Å². The smallest absolute Gasteiger partial charge is 0.0861 e. The highest BCUT2D eigenvalue weighted by atomic mass is 16.5. The quantitative estimate of drug-likeness (QED) is 0.0747. The minimum atomic E-state index is 0.0876. The molecule has 0 radical (unpaired) electrons. The highest BCUT2D eigenvalue weighted by molar-refractivity contribution is 5.60. The van der Waals surface area contributed by atoms with Crippen molar-refractivity contribution < 1.29 is 4.74 Å². The Kier molecular flexibility index (Phi) is 17.7. The number of hydrogen-bond donors (Lipinski definition) is 0. The standard InChI is InChI=1S/C54H76N2O/c1-5-9-11-13-17-43-23-37-51(55-39-43)45-29-33-49(34-30-45)53(47-25-19-41(15-7-3)20-26-47)57-54(48-27-21-42(16-8-4)22-28-48)50-35-31-46(32-36-50)52-38-24-44(40-56-52)18-14-12-10-6-2/h23-24,29-42,47-48,53-54H,5-22,25-28H2,1-4H3. The molecule has 2 aliphatic rings. The van der Waals surface area contributed by atoms with E-state index in [-0.39, 0.29) is 12.2 Å². The Balaban J connectivity index is 1.23. The molecular weight excluding hydrogens is 693 g/mol. The summed E-state index contributed by atoms with van der Waals surface area (Å²) in [6, 6.07) is 27.7. The van der Waals surface area contributed by atoms with Crippen LogP contribution >= 0.6 is 0 Å². The molecule has 2 aromatic carbocycles. The average molecular weight is 769 g/mol. The molecule has 2 heterocycles. The van der Waals surface area contributed by atoms with Crippen LogP contribution in [-0.4, -0.2) is 9.97 Å². The molecular formula is C54H76N2O. The third-order valence-corrected chi connectivity index (χ3v) is 13.7. The summed E-state index contributed by atoms with van der Waals surface area (Å²) in [7, 11) is 0. The maximum atomic E-state index is 7.69. The Morgan fingerprint density at radius 1 is 0.456 bits per heavy atom. The monoisotopic (exact) mass is 769 g/mol. The van der Waals surface area contributed by atoms with Crippen LogP contribution in [0.4, 0.5) is 0 Å². The molecule has 3 nitrogen and oxygen atoms in total. The van der Waals surface area contributed by atoms with Crippen LogP contribution in [0.5, 0.6) is 0 Å². The van der Waals surface area contributed by atoms with Gasteiger partial charge in [0, 0.05) is 23.5 Å². The van der Waals surface area contributed by atoms with Gasteiger partial charge in [0.25, 0.3) is 0 Å². The molecule has 4 aromatic rings. The average Bonchev–Trinajstić information content (AvgIpc) is 3.26. The molecule has 0 aliphatic heterocycles. The molecule has 6 rings (SSSR count). The Bertz CT molecular complexity index is 1540. The Morgan fingerprint density at radius 2 is 0.860 bits per heavy atom. The molecule has 2 aliphatic carbocycles. The number of nitrogens with zero attached hydrogens (tertiary/aromatic N) is 2. The maximum Gasteiger partial charge on any atom is 0.0861 e. The first kappa shape index (κ1) is 43.3. The van der Waals surface area contributed by atoms with Crippen LogP contribution < -0.4 is 0 Å². The Hall–Kier alpha value is -3.30. The van der Waals surface area contributed by atoms with Gasteiger partial charge in [-0.3, -0.25) is 9.97 Å². The van der Waals surface area contributed by atoms with E-state index < -0.39 is 0 Å². The highest BCUT2D eigenvalue weighted by Gasteiger charge is 2.35. The van der Waals surface area contributed by atoms with E-state index in [2.05, 4.69) is 113 Å². The SMILES string of the molecule is CCCCCCc1ccc(-c2ccc(C(OC(c3ccc(-c4ccc(CCCCCC)cn4)cc3)C3CCC(CCC)CC3)C3CCC(CCC)CC3)cc2)nc1. The van der Waals surface area contributed by atoms with Crippen LogP contribution in [-0.2, 0) is 17.6 Å². The molecule has 0 amide bonds. The van der Waals surface area contributed by atoms with Crippen molar-refractivity contribution >= 4 is 0 Å². The van der Waals surface area contributed by atoms with E-state index in [1.54, 1.807) is 0 Å². The summed E-state index contributed by atoms with van der Waals surface area (Å²) in [5, 5.41) is 0. The van der Waals surface area contributed by atoms with Gasteiger partial charge in [0.05, 0.1) is 23.6 Å². The van der Waals surface area contributed by atoms with E-state index in [1.165, 1.54) is 162 Å². The molecule has 0 bridgehead atoms. The van der Waals surface area contributed by atoms with Crippen molar-refractivity contribution in [3.63, 3.8) is 0 Å². The summed E-state index contributed by atoms with van der Waals surface area (Å²) in [5.41, 5.74) is 9.90. The second-order valence-electron chi connectivity index (χ2n) is 18.1. The second-order valence-corrected chi connectivity index (χ2v) is 18.1. The molecule has 2 fully saturated rings. The van der Waals surface area contributed by atoms with Crippen LogP contribution in [0, 0.1) is 23.7 Å². The topological polar surface area (TPSA) is 35.0 Å². The van der Waals surface area contributed by atoms with Crippen molar-refractivity contribution in [1.82, 2.24) is 9.97 Å². The van der Waals surface area contributed by atoms with Gasteiger partial charge in [0.1, 0.15) is 0 Å². The minimum absolute atomic E-state index is 0.0876. The molecule has 2 saturated carbocycles. The lowest BCUT2D eigenvalue weighted by Gasteiger charge is -2.40. The van der Waals surface area contributed by atoms with Gasteiger partial charge in [0.15, 0.2) is 0 Å². The first-order chi connectivity index (χ1) is 28.1. The summed E-state index contributed by atoms with van der Waals surface area (Å²) < 4.78 is 7.69. The van der Waals surface area contributed by atoms with Crippen LogP contribution in [0.2, 0.25) is 0 Å². The molecule has 3 heteroatoms. The highest BCUT2D eigenvalue weighted by Crippen LogP contribution is 2.47. The van der Waals surface area contributed by atoms with Crippen molar-refractivity contribution in [3.8, 4) is 22.5 Å². The molecule has 57 heavy (non-hydrogen) atoms. The lowest BCUT2D eigenvalue weighted by molar-refractivity contribution is -0.0907. The largest absolute Gasteiger partial charge is 0.365 e. The zero-order valence-electron chi connectivity index (χ0n) is 36.4. The Morgan fingerprint density at radius 3 is 1.19 bits per heavy atom. The number of rotatable bonds is 22. The fourth-order valence-electron chi connectivity index (χ4n) is 10.1. The Labute approximate surface area is 348 Å². The van der Waals surface area contributed by atoms with E-state index in [9.17, 15) is 0 Å². The van der Waals surface area contributed by atoms with Gasteiger partial charge in [-0.05, 0) is 109 Å². The molecule has 0 saturated heterocycles. The molecule has 308 valence electrons. The molecule has 0 spiro atoms. The van der Waals surface area contributed by atoms with E-state index in [0.29, 0.717) is 11.8 Å². The fourth-order valence-corrected chi connectivity index (χ4v) is 10.1. The van der Waals surface area contributed by atoms with Gasteiger partial charge in [-0.1, -0.05) is 178 Å². The van der Waals surface area contributed by atoms with Gasteiger partial charge in [-0.15, -0.1) is 0 Å². The number of pyridine rings is 2. The zero-order valence-corrected chi connectivity index (χ0v) is 36.4. The fraction of sp³-hybridized carbons (Fsp3) is 0.593. The summed E-state index contributed by atoms with van der Waals surface area (Å²) in [5.74, 6) is 2.82. The first-order valence-corrected chi connectivity index (χ1v) is 23.8. The van der Waals surface area contributed by atoms with Crippen molar-refractivity contribution in [1.29, 1.82) is 0 Å². The lowest BCUT2D eigenvalue weighted by Crippen LogP contribution is -2.28. The van der Waals surface area contributed by atoms with Crippen LogP contribution in [0.1, 0.15) is 191 Å². The minimum Gasteiger partial charge on any atom is -0.365 e. The van der Waals surface area contributed by atoms with Crippen LogP contribution in [0.25, 0.3) is 22.5 Å². The van der Waals surface area contributed by atoms with Crippen LogP contribution in [0.15, 0.2) is 85.2 Å². The number of benzene rings is 2. The first-order valence-electron chi connectivity index (χ1n) is 23.8. The molecule has 0 N–H and O–H groups in total. The van der Waals surface area contributed by atoms with Gasteiger partial charge in [0.2, 0.25) is 0 Å². The van der Waals surface area contributed by atoms with Crippen molar-refractivity contribution in [2.24, 2.45) is 23.7 Å². The number of aromatic nitrogens is 2. The van der Waals surface area contributed by atoms with E-state index >= 15 is 0 Å². The van der Waals surface area contributed by atoms with E-state index in [1.807, 2.05) is 0 Å². The van der Waals surface area contributed by atoms with Crippen molar-refractivity contribution in [3.05, 3.63) is 107 Å². The summed E-state index contributed by atoms with van der Waals surface area (Å²) in [6.07, 6.45) is 32.6. The van der Waals surface area contributed by atoms with E-state index in [4.69, 9.17) is 14.7 Å². The third kappa shape index (κ3) is 12.8. The second kappa shape index (κ2) is 23.3. The number of hydrogen-bond acceptors (Lipinski definition) is 3. The normalized spacial score (nSPS) is 21.0. The van der Waals surface area contributed by atoms with Gasteiger partial charge < -0.3 is 4.74 Å². The van der Waals surface area contributed by atoms with Crippen LogP contribution in [0.3, 0.4) is 0 Å². The maximum absolute atomic E-state index is 7.69. The zero-order chi connectivity index (χ0) is 39.7. The summed E-state index contributed by atoms with van der Waals surface area (Å²) in [4.78, 5) is 9.84. The molecule has 2 atom stereocenters. The third-order valence-electron chi connectivity index (χ3n) is 13.7. The van der Waals surface area contributed by atoms with Gasteiger partial charge in [-0.25, -0.2) is 0 Å².